The monoisotopic (exact) mass is 231 g/mol. The summed E-state index contributed by atoms with van der Waals surface area (Å²) in [5.41, 5.74) is 0. The summed E-state index contributed by atoms with van der Waals surface area (Å²) >= 11 is 5.55. The van der Waals surface area contributed by atoms with Crippen molar-refractivity contribution in [3.05, 3.63) is 0 Å². The van der Waals surface area contributed by atoms with Gasteiger partial charge in [0, 0.05) is 18.8 Å². The second-order valence-corrected chi connectivity index (χ2v) is 5.00. The SMILES string of the molecule is CC1CCCC1CNC(=O)CCCCCl. The molecule has 0 aliphatic heterocycles. The molecule has 1 rings (SSSR count). The summed E-state index contributed by atoms with van der Waals surface area (Å²) in [6, 6.07) is 0. The highest BCUT2D eigenvalue weighted by atomic mass is 35.5. The van der Waals surface area contributed by atoms with Gasteiger partial charge in [-0.25, -0.2) is 0 Å². The van der Waals surface area contributed by atoms with Gasteiger partial charge in [-0.1, -0.05) is 19.8 Å². The lowest BCUT2D eigenvalue weighted by molar-refractivity contribution is -0.121. The summed E-state index contributed by atoms with van der Waals surface area (Å²) < 4.78 is 0. The number of alkyl halides is 1. The van der Waals surface area contributed by atoms with Crippen molar-refractivity contribution in [1.82, 2.24) is 5.32 Å². The van der Waals surface area contributed by atoms with Gasteiger partial charge in [0.05, 0.1) is 0 Å². The Bertz CT molecular complexity index is 196. The molecule has 0 heterocycles. The van der Waals surface area contributed by atoms with E-state index in [0.29, 0.717) is 18.2 Å². The van der Waals surface area contributed by atoms with Crippen LogP contribution in [0.5, 0.6) is 0 Å². The van der Waals surface area contributed by atoms with E-state index in [0.717, 1.165) is 25.3 Å². The Balaban J connectivity index is 2.05. The van der Waals surface area contributed by atoms with Crippen molar-refractivity contribution in [3.63, 3.8) is 0 Å². The number of carbonyl (C=O) groups is 1. The molecular weight excluding hydrogens is 210 g/mol. The van der Waals surface area contributed by atoms with Gasteiger partial charge in [-0.05, 0) is 31.1 Å². The molecule has 1 aliphatic rings. The molecule has 0 radical (unpaired) electrons. The molecule has 2 unspecified atom stereocenters. The Hall–Kier alpha value is -0.240. The van der Waals surface area contributed by atoms with Crippen LogP contribution in [0.15, 0.2) is 0 Å². The zero-order valence-electron chi connectivity index (χ0n) is 9.60. The molecule has 1 saturated carbocycles. The lowest BCUT2D eigenvalue weighted by Gasteiger charge is -2.15. The molecule has 1 N–H and O–H groups in total. The van der Waals surface area contributed by atoms with Crippen LogP contribution in [-0.4, -0.2) is 18.3 Å². The largest absolute Gasteiger partial charge is 0.356 e. The van der Waals surface area contributed by atoms with E-state index in [1.54, 1.807) is 0 Å². The van der Waals surface area contributed by atoms with E-state index < -0.39 is 0 Å². The van der Waals surface area contributed by atoms with Crippen LogP contribution in [0.3, 0.4) is 0 Å². The average Bonchev–Trinajstić information content (AvgIpc) is 2.61. The topological polar surface area (TPSA) is 29.1 Å². The zero-order valence-corrected chi connectivity index (χ0v) is 10.4. The van der Waals surface area contributed by atoms with Crippen molar-refractivity contribution in [2.45, 2.75) is 45.4 Å². The van der Waals surface area contributed by atoms with Gasteiger partial charge in [-0.15, -0.1) is 11.6 Å². The van der Waals surface area contributed by atoms with Gasteiger partial charge in [0.15, 0.2) is 0 Å². The molecule has 0 saturated heterocycles. The smallest absolute Gasteiger partial charge is 0.220 e. The van der Waals surface area contributed by atoms with Gasteiger partial charge in [0.2, 0.25) is 5.91 Å². The molecule has 0 aromatic heterocycles. The van der Waals surface area contributed by atoms with Crippen LogP contribution in [0.4, 0.5) is 0 Å². The van der Waals surface area contributed by atoms with E-state index in [-0.39, 0.29) is 5.91 Å². The van der Waals surface area contributed by atoms with Crippen molar-refractivity contribution in [2.75, 3.05) is 12.4 Å². The van der Waals surface area contributed by atoms with E-state index in [2.05, 4.69) is 12.2 Å². The first-order chi connectivity index (χ1) is 7.24. The van der Waals surface area contributed by atoms with Gasteiger partial charge in [-0.2, -0.15) is 0 Å². The number of nitrogens with one attached hydrogen (secondary N) is 1. The summed E-state index contributed by atoms with van der Waals surface area (Å²) in [6.45, 7) is 3.16. The van der Waals surface area contributed by atoms with Gasteiger partial charge < -0.3 is 5.32 Å². The first-order valence-corrected chi connectivity index (χ1v) is 6.60. The van der Waals surface area contributed by atoms with Crippen LogP contribution in [0.1, 0.15) is 45.4 Å². The Morgan fingerprint density at radius 2 is 2.20 bits per heavy atom. The zero-order chi connectivity index (χ0) is 11.1. The van der Waals surface area contributed by atoms with E-state index >= 15 is 0 Å². The number of hydrogen-bond acceptors (Lipinski definition) is 1. The van der Waals surface area contributed by atoms with Crippen LogP contribution >= 0.6 is 11.6 Å². The molecule has 1 amide bonds. The fraction of sp³-hybridized carbons (Fsp3) is 0.917. The summed E-state index contributed by atoms with van der Waals surface area (Å²) in [4.78, 5) is 11.4. The number of carbonyl (C=O) groups excluding carboxylic acids is 1. The second-order valence-electron chi connectivity index (χ2n) is 4.62. The van der Waals surface area contributed by atoms with E-state index in [9.17, 15) is 4.79 Å². The highest BCUT2D eigenvalue weighted by Crippen LogP contribution is 2.30. The van der Waals surface area contributed by atoms with E-state index in [1.165, 1.54) is 19.3 Å². The summed E-state index contributed by atoms with van der Waals surface area (Å²) in [6.07, 6.45) is 6.42. The van der Waals surface area contributed by atoms with Crippen molar-refractivity contribution in [2.24, 2.45) is 11.8 Å². The Morgan fingerprint density at radius 1 is 1.40 bits per heavy atom. The quantitative estimate of drug-likeness (QED) is 0.553. The lowest BCUT2D eigenvalue weighted by Crippen LogP contribution is -2.30. The van der Waals surface area contributed by atoms with Gasteiger partial charge >= 0.3 is 0 Å². The van der Waals surface area contributed by atoms with Crippen molar-refractivity contribution >= 4 is 17.5 Å². The normalized spacial score (nSPS) is 25.5. The molecule has 0 aromatic carbocycles. The van der Waals surface area contributed by atoms with Crippen molar-refractivity contribution < 1.29 is 4.79 Å². The molecule has 1 fully saturated rings. The van der Waals surface area contributed by atoms with E-state index in [4.69, 9.17) is 11.6 Å². The molecule has 0 bridgehead atoms. The van der Waals surface area contributed by atoms with Gasteiger partial charge in [0.1, 0.15) is 0 Å². The molecule has 2 atom stereocenters. The van der Waals surface area contributed by atoms with Crippen LogP contribution < -0.4 is 5.32 Å². The number of rotatable bonds is 6. The minimum atomic E-state index is 0.194. The van der Waals surface area contributed by atoms with Gasteiger partial charge in [0.25, 0.3) is 0 Å². The van der Waals surface area contributed by atoms with Crippen molar-refractivity contribution in [3.8, 4) is 0 Å². The number of halogens is 1. The van der Waals surface area contributed by atoms with E-state index in [1.807, 2.05) is 0 Å². The maximum absolute atomic E-state index is 11.4. The number of hydrogen-bond donors (Lipinski definition) is 1. The van der Waals surface area contributed by atoms with Crippen molar-refractivity contribution in [1.29, 1.82) is 0 Å². The van der Waals surface area contributed by atoms with Crippen LogP contribution in [0.2, 0.25) is 0 Å². The minimum absolute atomic E-state index is 0.194. The molecule has 0 aromatic rings. The average molecular weight is 232 g/mol. The highest BCUT2D eigenvalue weighted by Gasteiger charge is 2.23. The standard InChI is InChI=1S/C12H22ClNO/c1-10-5-4-6-11(10)9-14-12(15)7-2-3-8-13/h10-11H,2-9H2,1H3,(H,14,15). The molecule has 88 valence electrons. The number of amides is 1. The lowest BCUT2D eigenvalue weighted by atomic mass is 9.98. The van der Waals surface area contributed by atoms with Crippen LogP contribution in [0.25, 0.3) is 0 Å². The summed E-state index contributed by atoms with van der Waals surface area (Å²) in [7, 11) is 0. The molecule has 1 aliphatic carbocycles. The fourth-order valence-corrected chi connectivity index (χ4v) is 2.43. The Labute approximate surface area is 97.8 Å². The summed E-state index contributed by atoms with van der Waals surface area (Å²) in [5.74, 6) is 2.35. The first-order valence-electron chi connectivity index (χ1n) is 6.06. The summed E-state index contributed by atoms with van der Waals surface area (Å²) in [5, 5.41) is 3.03. The third-order valence-corrected chi connectivity index (χ3v) is 3.66. The number of unbranched alkanes of at least 4 members (excludes halogenated alkanes) is 1. The van der Waals surface area contributed by atoms with Crippen LogP contribution in [-0.2, 0) is 4.79 Å². The fourth-order valence-electron chi connectivity index (χ4n) is 2.24. The maximum atomic E-state index is 11.4. The molecule has 0 spiro atoms. The Kier molecular flexibility index (Phi) is 6.07. The third kappa shape index (κ3) is 4.87. The van der Waals surface area contributed by atoms with Gasteiger partial charge in [-0.3, -0.25) is 4.79 Å². The predicted octanol–water partition coefficient (Wildman–Crippen LogP) is 2.95. The second kappa shape index (κ2) is 7.10. The molecule has 2 nitrogen and oxygen atoms in total. The molecule has 3 heteroatoms. The Morgan fingerprint density at radius 3 is 2.80 bits per heavy atom. The minimum Gasteiger partial charge on any atom is -0.356 e. The first kappa shape index (κ1) is 12.8. The third-order valence-electron chi connectivity index (χ3n) is 3.39. The highest BCUT2D eigenvalue weighted by molar-refractivity contribution is 6.17. The molecule has 15 heavy (non-hydrogen) atoms. The molecular formula is C12H22ClNO. The van der Waals surface area contributed by atoms with Crippen LogP contribution in [0, 0.1) is 11.8 Å². The maximum Gasteiger partial charge on any atom is 0.220 e. The predicted molar refractivity (Wildman–Crippen MR) is 64.1 cm³/mol.